The first-order chi connectivity index (χ1) is 15.6. The molecule has 0 aliphatic carbocycles. The van der Waals surface area contributed by atoms with E-state index in [9.17, 15) is 14.7 Å². The molecule has 1 aliphatic rings. The molecule has 1 unspecified atom stereocenters. The summed E-state index contributed by atoms with van der Waals surface area (Å²) in [6.45, 7) is 6.12. The van der Waals surface area contributed by atoms with Crippen LogP contribution in [0.15, 0.2) is 65.6 Å². The molecule has 0 bridgehead atoms. The van der Waals surface area contributed by atoms with Gasteiger partial charge in [-0.15, -0.1) is 11.3 Å². The third-order valence-corrected chi connectivity index (χ3v) is 6.82. The fourth-order valence-electron chi connectivity index (χ4n) is 4.01. The number of aliphatic hydroxyl groups is 1. The zero-order valence-corrected chi connectivity index (χ0v) is 20.3. The molecule has 170 valence electrons. The van der Waals surface area contributed by atoms with Gasteiger partial charge >= 0.3 is 0 Å². The number of ether oxygens (including phenoxy) is 1. The summed E-state index contributed by atoms with van der Waals surface area (Å²) in [6, 6.07) is 15.0. The average molecular weight is 482 g/mol. The summed E-state index contributed by atoms with van der Waals surface area (Å²) < 4.78 is 5.50. The lowest BCUT2D eigenvalue weighted by Crippen LogP contribution is -2.29. The number of rotatable bonds is 4. The molecule has 0 saturated carbocycles. The first-order valence-corrected chi connectivity index (χ1v) is 11.7. The standard InChI is InChI=1S/C26H24ClNO4S/c1-26(2,3)18-14-15(7-12-19(18)32-4)23(29)21-22(20-6-5-13-33-20)28(25(31)24(21)30)17-10-8-16(27)9-11-17/h5-14,22,29H,1-4H3/b23-21-. The van der Waals surface area contributed by atoms with Gasteiger partial charge in [-0.25, -0.2) is 0 Å². The van der Waals surface area contributed by atoms with E-state index in [0.717, 1.165) is 10.4 Å². The van der Waals surface area contributed by atoms with Gasteiger partial charge in [-0.1, -0.05) is 38.4 Å². The first-order valence-electron chi connectivity index (χ1n) is 10.4. The summed E-state index contributed by atoms with van der Waals surface area (Å²) >= 11 is 7.45. The van der Waals surface area contributed by atoms with Crippen LogP contribution in [0.5, 0.6) is 5.75 Å². The summed E-state index contributed by atoms with van der Waals surface area (Å²) in [4.78, 5) is 28.6. The second-order valence-corrected chi connectivity index (χ2v) is 10.2. The molecule has 2 aromatic carbocycles. The third-order valence-electron chi connectivity index (χ3n) is 5.64. The molecule has 0 spiro atoms. The van der Waals surface area contributed by atoms with Crippen molar-refractivity contribution in [1.82, 2.24) is 0 Å². The Kier molecular flexibility index (Phi) is 6.08. The highest BCUT2D eigenvalue weighted by Gasteiger charge is 2.47. The van der Waals surface area contributed by atoms with Crippen molar-refractivity contribution in [3.05, 3.63) is 86.6 Å². The second-order valence-electron chi connectivity index (χ2n) is 8.83. The van der Waals surface area contributed by atoms with E-state index in [-0.39, 0.29) is 16.7 Å². The SMILES string of the molecule is COc1ccc(/C(O)=C2/C(=O)C(=O)N(c3ccc(Cl)cc3)C2c2cccs2)cc1C(C)(C)C. The zero-order valence-electron chi connectivity index (χ0n) is 18.8. The number of hydrogen-bond donors (Lipinski definition) is 1. The minimum atomic E-state index is -0.744. The van der Waals surface area contributed by atoms with Crippen LogP contribution in [0.1, 0.15) is 42.8 Å². The van der Waals surface area contributed by atoms with Crippen LogP contribution in [-0.4, -0.2) is 23.9 Å². The summed E-state index contributed by atoms with van der Waals surface area (Å²) in [5.74, 6) is -0.942. The summed E-state index contributed by atoms with van der Waals surface area (Å²) in [5.41, 5.74) is 1.67. The molecule has 1 fully saturated rings. The summed E-state index contributed by atoms with van der Waals surface area (Å²) in [7, 11) is 1.60. The van der Waals surface area contributed by atoms with Crippen LogP contribution in [0.2, 0.25) is 5.02 Å². The molecule has 1 aliphatic heterocycles. The van der Waals surface area contributed by atoms with Gasteiger partial charge in [0.25, 0.3) is 11.7 Å². The van der Waals surface area contributed by atoms with Crippen molar-refractivity contribution in [2.75, 3.05) is 12.0 Å². The lowest BCUT2D eigenvalue weighted by molar-refractivity contribution is -0.132. The summed E-state index contributed by atoms with van der Waals surface area (Å²) in [6.07, 6.45) is 0. The number of Topliss-reactive ketones (excluding diaryl/α,β-unsaturated/α-hetero) is 1. The Labute approximate surface area is 201 Å². The van der Waals surface area contributed by atoms with Crippen LogP contribution in [0.4, 0.5) is 5.69 Å². The highest BCUT2D eigenvalue weighted by Crippen LogP contribution is 2.44. The number of nitrogens with zero attached hydrogens (tertiary/aromatic N) is 1. The summed E-state index contributed by atoms with van der Waals surface area (Å²) in [5, 5.41) is 13.8. The topological polar surface area (TPSA) is 66.8 Å². The van der Waals surface area contributed by atoms with Crippen molar-refractivity contribution in [3.8, 4) is 5.75 Å². The molecule has 5 nitrogen and oxygen atoms in total. The number of anilines is 1. The molecule has 1 amide bonds. The molecule has 7 heteroatoms. The lowest BCUT2D eigenvalue weighted by atomic mass is 9.84. The predicted octanol–water partition coefficient (Wildman–Crippen LogP) is 6.33. The van der Waals surface area contributed by atoms with Crippen molar-refractivity contribution in [2.24, 2.45) is 0 Å². The molecular weight excluding hydrogens is 458 g/mol. The predicted molar refractivity (Wildman–Crippen MR) is 132 cm³/mol. The number of thiophene rings is 1. The van der Waals surface area contributed by atoms with E-state index in [2.05, 4.69) is 0 Å². The average Bonchev–Trinajstić information content (AvgIpc) is 3.40. The van der Waals surface area contributed by atoms with Gasteiger partial charge in [-0.05, 0) is 59.3 Å². The van der Waals surface area contributed by atoms with Gasteiger partial charge in [-0.2, -0.15) is 0 Å². The van der Waals surface area contributed by atoms with Crippen LogP contribution < -0.4 is 9.64 Å². The Balaban J connectivity index is 1.92. The van der Waals surface area contributed by atoms with Gasteiger partial charge in [0.2, 0.25) is 0 Å². The molecule has 2 heterocycles. The van der Waals surface area contributed by atoms with E-state index in [1.807, 2.05) is 44.4 Å². The maximum absolute atomic E-state index is 13.2. The molecule has 1 atom stereocenters. The Hall–Kier alpha value is -3.09. The monoisotopic (exact) mass is 481 g/mol. The van der Waals surface area contributed by atoms with Gasteiger partial charge < -0.3 is 9.84 Å². The highest BCUT2D eigenvalue weighted by atomic mass is 35.5. The van der Waals surface area contributed by atoms with Crippen LogP contribution in [0.3, 0.4) is 0 Å². The van der Waals surface area contributed by atoms with Crippen molar-refractivity contribution in [1.29, 1.82) is 0 Å². The number of ketones is 1. The van der Waals surface area contributed by atoms with Gasteiger partial charge in [0.1, 0.15) is 17.6 Å². The van der Waals surface area contributed by atoms with Crippen LogP contribution in [-0.2, 0) is 15.0 Å². The third kappa shape index (κ3) is 4.16. The maximum atomic E-state index is 13.2. The maximum Gasteiger partial charge on any atom is 0.300 e. The smallest absolute Gasteiger partial charge is 0.300 e. The van der Waals surface area contributed by atoms with E-state index in [1.54, 1.807) is 43.5 Å². The van der Waals surface area contributed by atoms with E-state index in [4.69, 9.17) is 16.3 Å². The number of carbonyl (C=O) groups excluding carboxylic acids is 2. The number of hydrogen-bond acceptors (Lipinski definition) is 5. The largest absolute Gasteiger partial charge is 0.507 e. The van der Waals surface area contributed by atoms with Gasteiger partial charge in [0, 0.05) is 26.7 Å². The number of benzene rings is 2. The van der Waals surface area contributed by atoms with E-state index < -0.39 is 17.7 Å². The number of methoxy groups -OCH3 is 1. The van der Waals surface area contributed by atoms with Crippen molar-refractivity contribution < 1.29 is 19.4 Å². The molecule has 0 radical (unpaired) electrons. The fourth-order valence-corrected chi connectivity index (χ4v) is 4.96. The molecule has 33 heavy (non-hydrogen) atoms. The van der Waals surface area contributed by atoms with Crippen LogP contribution in [0, 0.1) is 0 Å². The molecule has 1 aromatic heterocycles. The van der Waals surface area contributed by atoms with Crippen LogP contribution in [0.25, 0.3) is 5.76 Å². The van der Waals surface area contributed by atoms with E-state index >= 15 is 0 Å². The minimum absolute atomic E-state index is 0.0578. The number of aliphatic hydroxyl groups excluding tert-OH is 1. The highest BCUT2D eigenvalue weighted by molar-refractivity contribution is 7.10. The Bertz CT molecular complexity index is 1240. The Morgan fingerprint density at radius 1 is 1.09 bits per heavy atom. The Morgan fingerprint density at radius 2 is 1.79 bits per heavy atom. The van der Waals surface area contributed by atoms with Gasteiger partial charge in [-0.3, -0.25) is 14.5 Å². The zero-order chi connectivity index (χ0) is 23.9. The van der Waals surface area contributed by atoms with Crippen LogP contribution >= 0.6 is 22.9 Å². The molecule has 1 N–H and O–H groups in total. The Morgan fingerprint density at radius 3 is 2.36 bits per heavy atom. The second kappa shape index (κ2) is 8.69. The quantitative estimate of drug-likeness (QED) is 0.268. The normalized spacial score (nSPS) is 18.1. The van der Waals surface area contributed by atoms with E-state index in [0.29, 0.717) is 22.0 Å². The fraction of sp³-hybridized carbons (Fsp3) is 0.231. The first kappa shape index (κ1) is 23.1. The number of carbonyl (C=O) groups is 2. The molecule has 3 aromatic rings. The molecule has 1 saturated heterocycles. The van der Waals surface area contributed by atoms with Gasteiger partial charge in [0.05, 0.1) is 12.7 Å². The van der Waals surface area contributed by atoms with Gasteiger partial charge in [0.15, 0.2) is 0 Å². The molecular formula is C26H24ClNO4S. The number of halogens is 1. The van der Waals surface area contributed by atoms with E-state index in [1.165, 1.54) is 16.2 Å². The number of amides is 1. The van der Waals surface area contributed by atoms with Crippen molar-refractivity contribution in [2.45, 2.75) is 32.2 Å². The molecule has 4 rings (SSSR count). The van der Waals surface area contributed by atoms with Crippen molar-refractivity contribution >= 4 is 46.1 Å². The lowest BCUT2D eigenvalue weighted by Gasteiger charge is -2.25. The van der Waals surface area contributed by atoms with Crippen molar-refractivity contribution in [3.63, 3.8) is 0 Å². The minimum Gasteiger partial charge on any atom is -0.507 e.